The Balaban J connectivity index is 2.75. The van der Waals surface area contributed by atoms with Gasteiger partial charge in [0, 0.05) is 6.54 Å². The predicted octanol–water partition coefficient (Wildman–Crippen LogP) is 0.0984. The summed E-state index contributed by atoms with van der Waals surface area (Å²) >= 11 is 0. The van der Waals surface area contributed by atoms with Crippen LogP contribution >= 0.6 is 0 Å². The third-order valence-electron chi connectivity index (χ3n) is 3.41. The number of likely N-dealkylation sites (N-methyl/N-ethyl adjacent to an activating group) is 1. The maximum absolute atomic E-state index is 12.3. The highest BCUT2D eigenvalue weighted by Gasteiger charge is 2.39. The second kappa shape index (κ2) is 5.49. The first-order valence-corrected chi connectivity index (χ1v) is 6.19. The second-order valence-electron chi connectivity index (χ2n) is 5.30. The van der Waals surface area contributed by atoms with E-state index in [0.717, 1.165) is 19.4 Å². The van der Waals surface area contributed by atoms with Crippen molar-refractivity contribution in [2.24, 2.45) is 11.1 Å². The molecule has 1 fully saturated rings. The summed E-state index contributed by atoms with van der Waals surface area (Å²) in [6, 6.07) is -0.212. The van der Waals surface area contributed by atoms with Crippen LogP contribution < -0.4 is 11.1 Å². The minimum absolute atomic E-state index is 0.00356. The molecule has 17 heavy (non-hydrogen) atoms. The summed E-state index contributed by atoms with van der Waals surface area (Å²) in [7, 11) is 0. The molecule has 5 nitrogen and oxygen atoms in total. The first-order valence-electron chi connectivity index (χ1n) is 6.19. The molecule has 1 rings (SSSR count). The van der Waals surface area contributed by atoms with Gasteiger partial charge in [0.25, 0.3) is 0 Å². The Morgan fingerprint density at radius 1 is 1.47 bits per heavy atom. The monoisotopic (exact) mass is 241 g/mol. The van der Waals surface area contributed by atoms with E-state index in [1.165, 1.54) is 4.90 Å². The molecule has 1 saturated heterocycles. The number of carbonyl (C=O) groups excluding carboxylic acids is 2. The maximum atomic E-state index is 12.3. The lowest BCUT2D eigenvalue weighted by Gasteiger charge is -2.40. The number of piperidine rings is 1. The highest BCUT2D eigenvalue weighted by molar-refractivity contribution is 5.87. The van der Waals surface area contributed by atoms with Crippen molar-refractivity contribution < 1.29 is 9.59 Å². The third kappa shape index (κ3) is 3.43. The molecule has 0 aromatic rings. The van der Waals surface area contributed by atoms with Gasteiger partial charge in [0.05, 0.1) is 12.6 Å². The molecular formula is C12H23N3O2. The Morgan fingerprint density at radius 2 is 2.12 bits per heavy atom. The van der Waals surface area contributed by atoms with E-state index in [1.54, 1.807) is 0 Å². The minimum Gasteiger partial charge on any atom is -0.368 e. The number of hydrogen-bond donors (Lipinski definition) is 2. The van der Waals surface area contributed by atoms with E-state index in [2.05, 4.69) is 19.2 Å². The molecule has 0 saturated carbocycles. The van der Waals surface area contributed by atoms with Gasteiger partial charge in [-0.15, -0.1) is 0 Å². The standard InChI is InChI=1S/C12H23N3O2/c1-4-15(8-9(13)16)11(17)10-12(2,3)6-5-7-14-10/h10,14H,4-8H2,1-3H3,(H2,13,16). The van der Waals surface area contributed by atoms with E-state index in [9.17, 15) is 9.59 Å². The molecule has 1 aliphatic heterocycles. The van der Waals surface area contributed by atoms with E-state index >= 15 is 0 Å². The van der Waals surface area contributed by atoms with Crippen molar-refractivity contribution in [1.29, 1.82) is 0 Å². The van der Waals surface area contributed by atoms with E-state index in [1.807, 2.05) is 6.92 Å². The van der Waals surface area contributed by atoms with Crippen LogP contribution in [0.1, 0.15) is 33.6 Å². The first kappa shape index (κ1) is 14.0. The largest absolute Gasteiger partial charge is 0.368 e. The summed E-state index contributed by atoms with van der Waals surface area (Å²) in [5.74, 6) is -0.482. The van der Waals surface area contributed by atoms with Gasteiger partial charge in [-0.3, -0.25) is 9.59 Å². The zero-order valence-corrected chi connectivity index (χ0v) is 11.0. The number of nitrogens with zero attached hydrogens (tertiary/aromatic N) is 1. The van der Waals surface area contributed by atoms with Gasteiger partial charge in [0.15, 0.2) is 0 Å². The number of primary amides is 1. The molecule has 2 amide bonds. The molecule has 1 atom stereocenters. The molecule has 0 bridgehead atoms. The van der Waals surface area contributed by atoms with Crippen molar-refractivity contribution >= 4 is 11.8 Å². The maximum Gasteiger partial charge on any atom is 0.240 e. The average Bonchev–Trinajstić information content (AvgIpc) is 2.24. The Kier molecular flexibility index (Phi) is 4.51. The van der Waals surface area contributed by atoms with Gasteiger partial charge in [-0.1, -0.05) is 13.8 Å². The highest BCUT2D eigenvalue weighted by atomic mass is 16.2. The number of hydrogen-bond acceptors (Lipinski definition) is 3. The van der Waals surface area contributed by atoms with Gasteiger partial charge in [-0.05, 0) is 31.7 Å². The van der Waals surface area contributed by atoms with Gasteiger partial charge in [0.2, 0.25) is 11.8 Å². The van der Waals surface area contributed by atoms with E-state index in [-0.39, 0.29) is 23.9 Å². The molecule has 1 unspecified atom stereocenters. The van der Waals surface area contributed by atoms with Crippen LogP contribution in [0.4, 0.5) is 0 Å². The summed E-state index contributed by atoms with van der Waals surface area (Å²) in [5, 5.41) is 3.25. The van der Waals surface area contributed by atoms with E-state index in [0.29, 0.717) is 6.54 Å². The van der Waals surface area contributed by atoms with Gasteiger partial charge >= 0.3 is 0 Å². The predicted molar refractivity (Wildman–Crippen MR) is 66.3 cm³/mol. The van der Waals surface area contributed by atoms with Crippen LogP contribution in [0, 0.1) is 5.41 Å². The van der Waals surface area contributed by atoms with Crippen LogP contribution in [-0.2, 0) is 9.59 Å². The Hall–Kier alpha value is -1.10. The van der Waals surface area contributed by atoms with E-state index in [4.69, 9.17) is 5.73 Å². The van der Waals surface area contributed by atoms with Crippen LogP contribution in [0.2, 0.25) is 0 Å². The van der Waals surface area contributed by atoms with E-state index < -0.39 is 5.91 Å². The summed E-state index contributed by atoms with van der Waals surface area (Å²) in [4.78, 5) is 24.8. The molecule has 0 aliphatic carbocycles. The fourth-order valence-electron chi connectivity index (χ4n) is 2.35. The normalized spacial score (nSPS) is 23.1. The minimum atomic E-state index is -0.464. The lowest BCUT2D eigenvalue weighted by Crippen LogP contribution is -2.57. The van der Waals surface area contributed by atoms with Gasteiger partial charge in [-0.25, -0.2) is 0 Å². The smallest absolute Gasteiger partial charge is 0.240 e. The molecule has 98 valence electrons. The molecule has 5 heteroatoms. The second-order valence-corrected chi connectivity index (χ2v) is 5.30. The van der Waals surface area contributed by atoms with Gasteiger partial charge < -0.3 is 16.0 Å². The Labute approximate surface area is 103 Å². The third-order valence-corrected chi connectivity index (χ3v) is 3.41. The summed E-state index contributed by atoms with van der Waals surface area (Å²) in [6.07, 6.45) is 2.10. The molecule has 0 aromatic carbocycles. The van der Waals surface area contributed by atoms with Crippen LogP contribution in [0.15, 0.2) is 0 Å². The Morgan fingerprint density at radius 3 is 2.59 bits per heavy atom. The lowest BCUT2D eigenvalue weighted by atomic mass is 9.77. The molecular weight excluding hydrogens is 218 g/mol. The summed E-state index contributed by atoms with van der Waals surface area (Å²) in [5.41, 5.74) is 5.08. The quantitative estimate of drug-likeness (QED) is 0.733. The lowest BCUT2D eigenvalue weighted by molar-refractivity contribution is -0.140. The van der Waals surface area contributed by atoms with Crippen molar-refractivity contribution in [2.45, 2.75) is 39.7 Å². The fraction of sp³-hybridized carbons (Fsp3) is 0.833. The number of rotatable bonds is 4. The van der Waals surface area contributed by atoms with Crippen molar-refractivity contribution in [2.75, 3.05) is 19.6 Å². The fourth-order valence-corrected chi connectivity index (χ4v) is 2.35. The summed E-state index contributed by atoms with van der Waals surface area (Å²) in [6.45, 7) is 7.39. The number of carbonyl (C=O) groups is 2. The van der Waals surface area contributed by atoms with Gasteiger partial charge in [0.1, 0.15) is 0 Å². The molecule has 1 aliphatic rings. The highest BCUT2D eigenvalue weighted by Crippen LogP contribution is 2.31. The zero-order chi connectivity index (χ0) is 13.1. The molecule has 0 radical (unpaired) electrons. The van der Waals surface area contributed by atoms with Crippen molar-refractivity contribution in [3.63, 3.8) is 0 Å². The molecule has 3 N–H and O–H groups in total. The van der Waals surface area contributed by atoms with Crippen LogP contribution in [0.3, 0.4) is 0 Å². The average molecular weight is 241 g/mol. The topological polar surface area (TPSA) is 75.4 Å². The van der Waals surface area contributed by atoms with Crippen molar-refractivity contribution in [3.05, 3.63) is 0 Å². The number of amides is 2. The van der Waals surface area contributed by atoms with Crippen molar-refractivity contribution in [1.82, 2.24) is 10.2 Å². The molecule has 0 spiro atoms. The number of nitrogens with two attached hydrogens (primary N) is 1. The molecule has 0 aromatic heterocycles. The van der Waals surface area contributed by atoms with Gasteiger partial charge in [-0.2, -0.15) is 0 Å². The Bertz CT molecular complexity index is 302. The SMILES string of the molecule is CCN(CC(N)=O)C(=O)C1NCCCC1(C)C. The zero-order valence-electron chi connectivity index (χ0n) is 11.0. The first-order chi connectivity index (χ1) is 7.88. The van der Waals surface area contributed by atoms with Crippen molar-refractivity contribution in [3.8, 4) is 0 Å². The van der Waals surface area contributed by atoms with Crippen LogP contribution in [0.25, 0.3) is 0 Å². The number of nitrogens with one attached hydrogen (secondary N) is 1. The van der Waals surface area contributed by atoms with Crippen LogP contribution in [-0.4, -0.2) is 42.4 Å². The van der Waals surface area contributed by atoms with Crippen LogP contribution in [0.5, 0.6) is 0 Å². The summed E-state index contributed by atoms with van der Waals surface area (Å²) < 4.78 is 0. The molecule has 1 heterocycles.